The number of nitrogen functional groups attached to an aromatic ring is 1. The van der Waals surface area contributed by atoms with Gasteiger partial charge in [0.25, 0.3) is 0 Å². The Bertz CT molecular complexity index is 877. The standard InChI is InChI=1S/C18H22N4O2S/c1-4-24-13-7-5-12(6-8-13)9-20-17(23)16-15(19)14-10(2)11(3)21-22-18(14)25-16/h5-8,17,20,23H,4,9,19H2,1-3H3. The SMILES string of the molecule is CCOc1ccc(CNC(O)c2sc3nnc(C)c(C)c3c2N)cc1. The molecule has 7 heteroatoms. The summed E-state index contributed by atoms with van der Waals surface area (Å²) < 4.78 is 5.43. The molecule has 1 aromatic carbocycles. The Balaban J connectivity index is 1.75. The van der Waals surface area contributed by atoms with Crippen LogP contribution in [0.1, 0.15) is 34.8 Å². The first kappa shape index (κ1) is 17.6. The van der Waals surface area contributed by atoms with Crippen LogP contribution in [0.3, 0.4) is 0 Å². The Labute approximate surface area is 150 Å². The van der Waals surface area contributed by atoms with Gasteiger partial charge in [-0.05, 0) is 44.0 Å². The molecular formula is C18H22N4O2S. The molecule has 0 saturated carbocycles. The van der Waals surface area contributed by atoms with Crippen molar-refractivity contribution in [2.24, 2.45) is 0 Å². The first-order chi connectivity index (χ1) is 12.0. The number of nitrogens with one attached hydrogen (secondary N) is 1. The summed E-state index contributed by atoms with van der Waals surface area (Å²) in [4.78, 5) is 1.42. The molecule has 132 valence electrons. The second kappa shape index (κ2) is 7.35. The lowest BCUT2D eigenvalue weighted by Gasteiger charge is -2.13. The van der Waals surface area contributed by atoms with Gasteiger partial charge in [-0.1, -0.05) is 12.1 Å². The summed E-state index contributed by atoms with van der Waals surface area (Å²) in [6, 6.07) is 7.78. The average Bonchev–Trinajstić information content (AvgIpc) is 2.95. The van der Waals surface area contributed by atoms with E-state index in [4.69, 9.17) is 10.5 Å². The van der Waals surface area contributed by atoms with Gasteiger partial charge >= 0.3 is 0 Å². The number of aliphatic hydroxyl groups excluding tert-OH is 1. The monoisotopic (exact) mass is 358 g/mol. The molecule has 3 aromatic rings. The Hall–Kier alpha value is -2.22. The maximum Gasteiger partial charge on any atom is 0.148 e. The molecule has 1 atom stereocenters. The molecular weight excluding hydrogens is 336 g/mol. The lowest BCUT2D eigenvalue weighted by Crippen LogP contribution is -2.20. The number of rotatable bonds is 6. The molecule has 6 nitrogen and oxygen atoms in total. The van der Waals surface area contributed by atoms with E-state index in [2.05, 4.69) is 15.5 Å². The topological polar surface area (TPSA) is 93.3 Å². The first-order valence-electron chi connectivity index (χ1n) is 8.16. The molecule has 0 bridgehead atoms. The van der Waals surface area contributed by atoms with Crippen molar-refractivity contribution in [2.75, 3.05) is 12.3 Å². The zero-order chi connectivity index (χ0) is 18.0. The maximum atomic E-state index is 10.5. The number of thiophene rings is 1. The highest BCUT2D eigenvalue weighted by atomic mass is 32.1. The van der Waals surface area contributed by atoms with Gasteiger partial charge < -0.3 is 15.6 Å². The van der Waals surface area contributed by atoms with Gasteiger partial charge in [-0.25, -0.2) is 0 Å². The fourth-order valence-corrected chi connectivity index (χ4v) is 3.70. The minimum atomic E-state index is -0.856. The average molecular weight is 358 g/mol. The fourth-order valence-electron chi connectivity index (χ4n) is 2.64. The van der Waals surface area contributed by atoms with E-state index < -0.39 is 6.23 Å². The number of aliphatic hydroxyl groups is 1. The largest absolute Gasteiger partial charge is 0.494 e. The van der Waals surface area contributed by atoms with Crippen molar-refractivity contribution in [3.8, 4) is 5.75 Å². The molecule has 1 unspecified atom stereocenters. The molecule has 0 amide bonds. The van der Waals surface area contributed by atoms with E-state index in [-0.39, 0.29) is 0 Å². The third kappa shape index (κ3) is 3.58. The van der Waals surface area contributed by atoms with Gasteiger partial charge in [0.1, 0.15) is 16.8 Å². The van der Waals surface area contributed by atoms with Crippen molar-refractivity contribution >= 4 is 27.2 Å². The van der Waals surface area contributed by atoms with Crippen LogP contribution in [0.5, 0.6) is 5.75 Å². The Morgan fingerprint density at radius 2 is 1.96 bits per heavy atom. The van der Waals surface area contributed by atoms with E-state index in [0.717, 1.165) is 32.8 Å². The zero-order valence-electron chi connectivity index (χ0n) is 14.5. The number of nitrogens with two attached hydrogens (primary N) is 1. The van der Waals surface area contributed by atoms with Crippen molar-refractivity contribution in [1.82, 2.24) is 15.5 Å². The van der Waals surface area contributed by atoms with Crippen LogP contribution in [0.15, 0.2) is 24.3 Å². The molecule has 0 aliphatic rings. The third-order valence-electron chi connectivity index (χ3n) is 4.15. The fraction of sp³-hybridized carbons (Fsp3) is 0.333. The Morgan fingerprint density at radius 3 is 2.64 bits per heavy atom. The van der Waals surface area contributed by atoms with Crippen LogP contribution in [0.2, 0.25) is 0 Å². The number of hydrogen-bond donors (Lipinski definition) is 3. The van der Waals surface area contributed by atoms with Crippen LogP contribution in [-0.4, -0.2) is 21.9 Å². The van der Waals surface area contributed by atoms with Gasteiger partial charge in [0.05, 0.1) is 22.9 Å². The van der Waals surface area contributed by atoms with E-state index in [9.17, 15) is 5.11 Å². The highest BCUT2D eigenvalue weighted by Gasteiger charge is 2.19. The second-order valence-corrected chi connectivity index (χ2v) is 6.86. The highest BCUT2D eigenvalue weighted by molar-refractivity contribution is 7.19. The van der Waals surface area contributed by atoms with E-state index in [1.165, 1.54) is 11.3 Å². The third-order valence-corrected chi connectivity index (χ3v) is 5.29. The van der Waals surface area contributed by atoms with Gasteiger partial charge in [0.15, 0.2) is 0 Å². The lowest BCUT2D eigenvalue weighted by atomic mass is 10.1. The molecule has 0 saturated heterocycles. The molecule has 0 fully saturated rings. The van der Waals surface area contributed by atoms with Crippen LogP contribution in [-0.2, 0) is 6.54 Å². The van der Waals surface area contributed by atoms with E-state index in [1.807, 2.05) is 45.0 Å². The van der Waals surface area contributed by atoms with Gasteiger partial charge in [0.2, 0.25) is 0 Å². The Morgan fingerprint density at radius 1 is 1.24 bits per heavy atom. The maximum absolute atomic E-state index is 10.5. The Kier molecular flexibility index (Phi) is 5.17. The van der Waals surface area contributed by atoms with Crippen molar-refractivity contribution < 1.29 is 9.84 Å². The van der Waals surface area contributed by atoms with E-state index in [0.29, 0.717) is 23.7 Å². The number of aromatic nitrogens is 2. The minimum absolute atomic E-state index is 0.519. The molecule has 3 rings (SSSR count). The number of anilines is 1. The van der Waals surface area contributed by atoms with Crippen molar-refractivity contribution in [3.05, 3.63) is 46.0 Å². The molecule has 0 aliphatic carbocycles. The molecule has 0 spiro atoms. The van der Waals surface area contributed by atoms with E-state index >= 15 is 0 Å². The first-order valence-corrected chi connectivity index (χ1v) is 8.97. The summed E-state index contributed by atoms with van der Waals surface area (Å²) in [5.41, 5.74) is 9.73. The number of nitrogens with zero attached hydrogens (tertiary/aromatic N) is 2. The normalized spacial score (nSPS) is 12.5. The summed E-state index contributed by atoms with van der Waals surface area (Å²) >= 11 is 1.37. The van der Waals surface area contributed by atoms with Gasteiger partial charge in [0, 0.05) is 11.9 Å². The van der Waals surface area contributed by atoms with Crippen molar-refractivity contribution in [3.63, 3.8) is 0 Å². The zero-order valence-corrected chi connectivity index (χ0v) is 15.4. The molecule has 2 aromatic heterocycles. The number of fused-ring (bicyclic) bond motifs is 1. The predicted octanol–water partition coefficient (Wildman–Crippen LogP) is 3.07. The van der Waals surface area contributed by atoms with Crippen LogP contribution >= 0.6 is 11.3 Å². The number of hydrogen-bond acceptors (Lipinski definition) is 7. The molecule has 0 radical (unpaired) electrons. The second-order valence-electron chi connectivity index (χ2n) is 5.83. The van der Waals surface area contributed by atoms with Crippen LogP contribution in [0.25, 0.3) is 10.2 Å². The van der Waals surface area contributed by atoms with Crippen molar-refractivity contribution in [1.29, 1.82) is 0 Å². The number of aryl methyl sites for hydroxylation is 2. The molecule has 2 heterocycles. The highest BCUT2D eigenvalue weighted by Crippen LogP contribution is 2.37. The minimum Gasteiger partial charge on any atom is -0.494 e. The quantitative estimate of drug-likeness (QED) is 0.586. The number of benzene rings is 1. The summed E-state index contributed by atoms with van der Waals surface area (Å²) in [5, 5.41) is 22.8. The van der Waals surface area contributed by atoms with Gasteiger partial charge in [-0.2, -0.15) is 5.10 Å². The summed E-state index contributed by atoms with van der Waals surface area (Å²) in [5.74, 6) is 0.838. The smallest absolute Gasteiger partial charge is 0.148 e. The van der Waals surface area contributed by atoms with E-state index in [1.54, 1.807) is 0 Å². The molecule has 25 heavy (non-hydrogen) atoms. The molecule has 0 aliphatic heterocycles. The summed E-state index contributed by atoms with van der Waals surface area (Å²) in [7, 11) is 0. The summed E-state index contributed by atoms with van der Waals surface area (Å²) in [6.45, 7) is 6.99. The van der Waals surface area contributed by atoms with Gasteiger partial charge in [-0.3, -0.25) is 5.32 Å². The van der Waals surface area contributed by atoms with Gasteiger partial charge in [-0.15, -0.1) is 16.4 Å². The lowest BCUT2D eigenvalue weighted by molar-refractivity contribution is 0.141. The summed E-state index contributed by atoms with van der Waals surface area (Å²) in [6.07, 6.45) is -0.856. The van der Waals surface area contributed by atoms with Crippen LogP contribution in [0, 0.1) is 13.8 Å². The van der Waals surface area contributed by atoms with Crippen molar-refractivity contribution in [2.45, 2.75) is 33.5 Å². The van der Waals surface area contributed by atoms with Crippen LogP contribution < -0.4 is 15.8 Å². The van der Waals surface area contributed by atoms with Crippen LogP contribution in [0.4, 0.5) is 5.69 Å². The predicted molar refractivity (Wildman–Crippen MR) is 101 cm³/mol. The number of ether oxygens (including phenoxy) is 1. The molecule has 4 N–H and O–H groups in total.